The molecule has 2 aromatic carbocycles. The van der Waals surface area contributed by atoms with Gasteiger partial charge in [-0.15, -0.1) is 0 Å². The minimum atomic E-state index is -0.873. The quantitative estimate of drug-likeness (QED) is 0.299. The summed E-state index contributed by atoms with van der Waals surface area (Å²) in [5.74, 6) is 2.87. The van der Waals surface area contributed by atoms with E-state index in [4.69, 9.17) is 30.5 Å². The Bertz CT molecular complexity index is 1600. The molecule has 14 heteroatoms. The van der Waals surface area contributed by atoms with Crippen molar-refractivity contribution in [2.24, 2.45) is 0 Å². The van der Waals surface area contributed by atoms with Gasteiger partial charge in [0.15, 0.2) is 11.5 Å². The first-order valence-electron chi connectivity index (χ1n) is 13.5. The molecular formula is C29H28ClN7O6. The number of piperazine rings is 1. The second-order valence-corrected chi connectivity index (χ2v) is 10.1. The van der Waals surface area contributed by atoms with Gasteiger partial charge in [-0.05, 0) is 48.4 Å². The third-order valence-electron chi connectivity index (χ3n) is 7.06. The third-order valence-corrected chi connectivity index (χ3v) is 7.25. The second kappa shape index (κ2) is 12.4. The van der Waals surface area contributed by atoms with Gasteiger partial charge in [0.05, 0.1) is 7.11 Å². The fraction of sp³-hybridized carbons (Fsp3) is 0.276. The van der Waals surface area contributed by atoms with E-state index in [1.165, 1.54) is 4.90 Å². The molecule has 1 saturated heterocycles. The number of anilines is 1. The summed E-state index contributed by atoms with van der Waals surface area (Å²) in [6, 6.07) is 13.1. The van der Waals surface area contributed by atoms with E-state index < -0.39 is 12.1 Å². The number of ether oxygens (including phenoxy) is 4. The monoisotopic (exact) mass is 605 g/mol. The van der Waals surface area contributed by atoms with Crippen LogP contribution in [0.3, 0.4) is 0 Å². The minimum Gasteiger partial charge on any atom is -0.497 e. The molecule has 2 amide bonds. The van der Waals surface area contributed by atoms with Crippen LogP contribution in [0.15, 0.2) is 67.3 Å². The Morgan fingerprint density at radius 2 is 1.86 bits per heavy atom. The van der Waals surface area contributed by atoms with Crippen molar-refractivity contribution >= 4 is 29.4 Å². The van der Waals surface area contributed by atoms with Gasteiger partial charge in [-0.2, -0.15) is 4.98 Å². The molecule has 43 heavy (non-hydrogen) atoms. The normalized spacial score (nSPS) is 15.7. The summed E-state index contributed by atoms with van der Waals surface area (Å²) in [5.41, 5.74) is 0.980. The van der Waals surface area contributed by atoms with Crippen LogP contribution in [0.4, 0.5) is 10.6 Å². The molecule has 0 spiro atoms. The van der Waals surface area contributed by atoms with Crippen LogP contribution in [-0.2, 0) is 11.2 Å². The molecule has 1 fully saturated rings. The third kappa shape index (κ3) is 6.41. The highest BCUT2D eigenvalue weighted by molar-refractivity contribution is 6.29. The number of hydrogen-bond donors (Lipinski definition) is 1. The van der Waals surface area contributed by atoms with Crippen molar-refractivity contribution in [3.8, 4) is 28.9 Å². The van der Waals surface area contributed by atoms with Crippen molar-refractivity contribution in [1.82, 2.24) is 29.7 Å². The predicted octanol–water partition coefficient (Wildman–Crippen LogP) is 3.10. The van der Waals surface area contributed by atoms with Gasteiger partial charge in [-0.1, -0.05) is 17.7 Å². The van der Waals surface area contributed by atoms with Crippen LogP contribution in [0.1, 0.15) is 5.56 Å². The number of benzene rings is 2. The molecular weight excluding hydrogens is 578 g/mol. The number of carbonyl (C=O) groups is 2. The fourth-order valence-electron chi connectivity index (χ4n) is 4.83. The molecule has 0 saturated carbocycles. The topological polar surface area (TPSA) is 133 Å². The number of methoxy groups -OCH3 is 1. The first kappa shape index (κ1) is 28.1. The first-order valence-corrected chi connectivity index (χ1v) is 13.9. The van der Waals surface area contributed by atoms with Gasteiger partial charge in [-0.25, -0.2) is 14.8 Å². The molecule has 13 nitrogen and oxygen atoms in total. The fourth-order valence-corrected chi connectivity index (χ4v) is 5.00. The zero-order valence-electron chi connectivity index (χ0n) is 23.2. The molecule has 0 radical (unpaired) electrons. The summed E-state index contributed by atoms with van der Waals surface area (Å²) < 4.78 is 23.3. The molecule has 222 valence electrons. The van der Waals surface area contributed by atoms with Gasteiger partial charge < -0.3 is 29.2 Å². The van der Waals surface area contributed by atoms with E-state index in [9.17, 15) is 9.59 Å². The number of amides is 2. The molecule has 6 rings (SSSR count). The summed E-state index contributed by atoms with van der Waals surface area (Å²) in [5, 5.41) is 3.21. The summed E-state index contributed by atoms with van der Waals surface area (Å²) >= 11 is 6.34. The van der Waals surface area contributed by atoms with Crippen LogP contribution < -0.4 is 29.2 Å². The zero-order chi connectivity index (χ0) is 29.8. The molecule has 1 atom stereocenters. The number of carbonyl (C=O) groups excluding carboxylic acids is 2. The van der Waals surface area contributed by atoms with E-state index >= 15 is 0 Å². The van der Waals surface area contributed by atoms with Gasteiger partial charge >= 0.3 is 6.09 Å². The van der Waals surface area contributed by atoms with Crippen molar-refractivity contribution in [2.75, 3.05) is 45.0 Å². The van der Waals surface area contributed by atoms with Crippen molar-refractivity contribution in [1.29, 1.82) is 0 Å². The average Bonchev–Trinajstić information content (AvgIpc) is 3.73. The Kier molecular flexibility index (Phi) is 8.13. The summed E-state index contributed by atoms with van der Waals surface area (Å²) in [6.07, 6.45) is 4.81. The maximum absolute atomic E-state index is 13.6. The summed E-state index contributed by atoms with van der Waals surface area (Å²) in [6.45, 7) is 1.29. The highest BCUT2D eigenvalue weighted by Crippen LogP contribution is 2.32. The summed E-state index contributed by atoms with van der Waals surface area (Å²) in [7, 11) is 1.56. The SMILES string of the molecule is COc1ccc(OC(=O)N2CCN(c3cc(Cl)nc(-n4ccnc4)n3)CC2C(=O)NCCc2ccc3c(c2)OCO3)cc1. The number of nitrogens with zero attached hydrogens (tertiary/aromatic N) is 6. The van der Waals surface area contributed by atoms with Gasteiger partial charge in [0.1, 0.15) is 34.8 Å². The summed E-state index contributed by atoms with van der Waals surface area (Å²) in [4.78, 5) is 43.2. The highest BCUT2D eigenvalue weighted by Gasteiger charge is 2.37. The maximum Gasteiger partial charge on any atom is 0.416 e. The highest BCUT2D eigenvalue weighted by atomic mass is 35.5. The van der Waals surface area contributed by atoms with E-state index in [0.29, 0.717) is 54.3 Å². The lowest BCUT2D eigenvalue weighted by atomic mass is 10.1. The Labute approximate surface area is 251 Å². The van der Waals surface area contributed by atoms with E-state index in [1.54, 1.807) is 60.7 Å². The Balaban J connectivity index is 1.18. The second-order valence-electron chi connectivity index (χ2n) is 9.75. The van der Waals surface area contributed by atoms with Crippen LogP contribution >= 0.6 is 11.6 Å². The predicted molar refractivity (Wildman–Crippen MR) is 155 cm³/mol. The number of nitrogens with one attached hydrogen (secondary N) is 1. The lowest BCUT2D eigenvalue weighted by molar-refractivity contribution is -0.125. The molecule has 2 aliphatic heterocycles. The van der Waals surface area contributed by atoms with Crippen molar-refractivity contribution in [3.63, 3.8) is 0 Å². The first-order chi connectivity index (χ1) is 21.0. The molecule has 0 bridgehead atoms. The lowest BCUT2D eigenvalue weighted by Gasteiger charge is -2.40. The molecule has 4 heterocycles. The maximum atomic E-state index is 13.6. The number of aromatic nitrogens is 4. The van der Waals surface area contributed by atoms with Crippen LogP contribution in [0.25, 0.3) is 5.95 Å². The Morgan fingerprint density at radius 3 is 2.65 bits per heavy atom. The van der Waals surface area contributed by atoms with E-state index in [0.717, 1.165) is 5.56 Å². The molecule has 0 aliphatic carbocycles. The van der Waals surface area contributed by atoms with Crippen LogP contribution in [0.5, 0.6) is 23.0 Å². The van der Waals surface area contributed by atoms with Crippen molar-refractivity contribution in [3.05, 3.63) is 78.0 Å². The van der Waals surface area contributed by atoms with Crippen LogP contribution in [-0.4, -0.2) is 82.5 Å². The van der Waals surface area contributed by atoms with E-state index in [2.05, 4.69) is 20.3 Å². The zero-order valence-corrected chi connectivity index (χ0v) is 23.9. The van der Waals surface area contributed by atoms with Gasteiger partial charge in [0.2, 0.25) is 18.6 Å². The lowest BCUT2D eigenvalue weighted by Crippen LogP contribution is -2.61. The molecule has 2 aromatic heterocycles. The molecule has 1 N–H and O–H groups in total. The number of halogens is 1. The number of fused-ring (bicyclic) bond motifs is 1. The van der Waals surface area contributed by atoms with E-state index in [-0.39, 0.29) is 30.9 Å². The standard InChI is InChI=1S/C29H28ClN7O6/c1-40-20-3-5-21(6-4-20)43-29(39)37-13-12-35(26-15-25(30)33-28(34-26)36-11-10-31-17-36)16-22(37)27(38)32-9-8-19-2-7-23-24(14-19)42-18-41-23/h2-7,10-11,14-15,17,22H,8-9,12-13,16,18H2,1H3,(H,32,38). The molecule has 1 unspecified atom stereocenters. The number of rotatable bonds is 8. The van der Waals surface area contributed by atoms with Gasteiger partial charge in [0, 0.05) is 44.6 Å². The Morgan fingerprint density at radius 1 is 1.05 bits per heavy atom. The average molecular weight is 606 g/mol. The van der Waals surface area contributed by atoms with E-state index in [1.807, 2.05) is 23.1 Å². The number of hydrogen-bond acceptors (Lipinski definition) is 10. The van der Waals surface area contributed by atoms with Crippen molar-refractivity contribution in [2.45, 2.75) is 12.5 Å². The number of imidazole rings is 1. The van der Waals surface area contributed by atoms with Crippen LogP contribution in [0, 0.1) is 0 Å². The largest absolute Gasteiger partial charge is 0.497 e. The van der Waals surface area contributed by atoms with Gasteiger partial charge in [0.25, 0.3) is 0 Å². The van der Waals surface area contributed by atoms with Gasteiger partial charge in [-0.3, -0.25) is 14.3 Å². The molecule has 4 aromatic rings. The van der Waals surface area contributed by atoms with Crippen molar-refractivity contribution < 1.29 is 28.5 Å². The smallest absolute Gasteiger partial charge is 0.416 e. The minimum absolute atomic E-state index is 0.157. The Hall–Kier alpha value is -5.04. The van der Waals surface area contributed by atoms with Crippen LogP contribution in [0.2, 0.25) is 5.15 Å². The molecule has 2 aliphatic rings.